The number of β-amino-alcohol motifs (C(OH)–C–C–N with tert-alkyl or cyclic N) is 1. The van der Waals surface area contributed by atoms with Crippen molar-refractivity contribution in [2.24, 2.45) is 17.1 Å². The second-order valence-electron chi connectivity index (χ2n) is 22.5. The molecule has 19 nitrogen and oxygen atoms in total. The van der Waals surface area contributed by atoms with Gasteiger partial charge in [-0.3, -0.25) is 28.9 Å². The van der Waals surface area contributed by atoms with E-state index in [0.29, 0.717) is 89.8 Å². The van der Waals surface area contributed by atoms with Gasteiger partial charge in [-0.25, -0.2) is 15.0 Å². The van der Waals surface area contributed by atoms with Crippen LogP contribution in [-0.2, 0) is 44.6 Å². The number of piperazine rings is 1. The molecule has 2 aromatic carbocycles. The van der Waals surface area contributed by atoms with Crippen molar-refractivity contribution in [1.29, 1.82) is 0 Å². The Kier molecular flexibility index (Phi) is 21.4. The lowest BCUT2D eigenvalue weighted by Gasteiger charge is -2.39. The fourth-order valence-corrected chi connectivity index (χ4v) is 11.8. The molecule has 80 heavy (non-hydrogen) atoms. The molecule has 3 amide bonds. The van der Waals surface area contributed by atoms with Crippen LogP contribution in [0.4, 0.5) is 5.82 Å². The largest absolute Gasteiger partial charge is 0.391 e. The molecule has 8 rings (SSSR count). The number of thiazole rings is 1. The fourth-order valence-electron chi connectivity index (χ4n) is 10.8. The van der Waals surface area contributed by atoms with Gasteiger partial charge in [-0.1, -0.05) is 68.8 Å². The highest BCUT2D eigenvalue weighted by Gasteiger charge is 2.44. The van der Waals surface area contributed by atoms with E-state index in [1.807, 2.05) is 98.9 Å². The summed E-state index contributed by atoms with van der Waals surface area (Å²) in [5.74, 6) is -0.465. The number of aromatic nitrogens is 4. The number of amides is 3. The molecule has 3 aliphatic rings. The molecular weight excluding hydrogens is 1060 g/mol. The van der Waals surface area contributed by atoms with Crippen molar-refractivity contribution in [3.8, 4) is 10.4 Å². The first-order chi connectivity index (χ1) is 38.5. The quantitative estimate of drug-likeness (QED) is 0.0419. The molecule has 0 bridgehead atoms. The van der Waals surface area contributed by atoms with Gasteiger partial charge >= 0.3 is 0 Å². The van der Waals surface area contributed by atoms with Crippen molar-refractivity contribution in [2.75, 3.05) is 96.9 Å². The van der Waals surface area contributed by atoms with Gasteiger partial charge in [0.1, 0.15) is 23.6 Å². The van der Waals surface area contributed by atoms with Crippen molar-refractivity contribution in [3.63, 3.8) is 0 Å². The molecule has 3 fully saturated rings. The number of halogens is 1. The fraction of sp³-hybridized carbons (Fsp3) is 0.559. The van der Waals surface area contributed by atoms with Crippen LogP contribution < -0.4 is 16.0 Å². The summed E-state index contributed by atoms with van der Waals surface area (Å²) >= 11 is 7.84. The minimum absolute atomic E-state index is 0.00850. The molecular formula is C59H79ClN10O9S. The molecule has 3 saturated heterocycles. The standard InChI is InChI=1S/C59H79ClN10O9S/c1-40-53(80-39-65-40)43-8-5-41(6-9-43)7-14-51(73)50-36-46(72)37-70(50)56(75)48(58(2,3)4)35-45(71)17-29-77-31-33-79-34-32-78-30-18-52(74)68-27-25-67(26-28-68)22-16-49(42-10-12-44(60)13-11-42)66-57(76)59(61)19-23-69(24-20-59)55-47-15-21-62-54(47)63-38-64-55/h5-6,8-13,15,21,38-39,46,48-50,72H,7,14,16-20,22-37,61H2,1-4H3,(H,66,76)(H,62,63,64)/t46-,48-,49+,50?/m1/s1. The molecule has 432 valence electrons. The highest BCUT2D eigenvalue weighted by molar-refractivity contribution is 7.13. The summed E-state index contributed by atoms with van der Waals surface area (Å²) in [6.45, 7) is 14.0. The third-order valence-electron chi connectivity index (χ3n) is 15.8. The number of piperidine rings is 1. The summed E-state index contributed by atoms with van der Waals surface area (Å²) < 4.78 is 17.1. The Balaban J connectivity index is 0.668. The number of nitrogens with one attached hydrogen (secondary N) is 2. The molecule has 0 saturated carbocycles. The minimum Gasteiger partial charge on any atom is -0.391 e. The van der Waals surface area contributed by atoms with Crippen LogP contribution in [0.5, 0.6) is 0 Å². The second-order valence-corrected chi connectivity index (χ2v) is 23.8. The number of Topliss-reactive ketones (excluding diaryl/α,β-unsaturated/α-hetero) is 2. The lowest BCUT2D eigenvalue weighted by atomic mass is 9.76. The second kappa shape index (κ2) is 28.3. The van der Waals surface area contributed by atoms with Gasteiger partial charge in [0.25, 0.3) is 0 Å². The van der Waals surface area contributed by atoms with E-state index in [2.05, 4.69) is 35.1 Å². The van der Waals surface area contributed by atoms with Gasteiger partial charge in [-0.2, -0.15) is 0 Å². The van der Waals surface area contributed by atoms with Gasteiger partial charge < -0.3 is 50.1 Å². The van der Waals surface area contributed by atoms with Crippen LogP contribution in [0.25, 0.3) is 21.5 Å². The molecule has 21 heteroatoms. The smallest absolute Gasteiger partial charge is 0.240 e. The molecule has 6 heterocycles. The van der Waals surface area contributed by atoms with E-state index in [0.717, 1.165) is 50.7 Å². The number of rotatable bonds is 27. The number of hydrogen-bond acceptors (Lipinski definition) is 16. The number of carbonyl (C=O) groups is 5. The van der Waals surface area contributed by atoms with E-state index in [9.17, 15) is 29.1 Å². The Morgan fingerprint density at radius 2 is 1.54 bits per heavy atom. The van der Waals surface area contributed by atoms with Crippen LogP contribution in [0.1, 0.15) is 95.0 Å². The van der Waals surface area contributed by atoms with Gasteiger partial charge in [0.05, 0.1) is 91.3 Å². The number of nitrogens with zero attached hydrogens (tertiary/aromatic N) is 7. The lowest BCUT2D eigenvalue weighted by Crippen LogP contribution is -2.60. The number of benzene rings is 2. The molecule has 3 aliphatic heterocycles. The number of carbonyl (C=O) groups excluding carboxylic acids is 5. The predicted octanol–water partition coefficient (Wildman–Crippen LogP) is 6.35. The number of aromatic amines is 1. The maximum atomic E-state index is 14.1. The van der Waals surface area contributed by atoms with Crippen LogP contribution in [0.15, 0.2) is 72.6 Å². The average molecular weight is 1140 g/mol. The zero-order valence-corrected chi connectivity index (χ0v) is 48.3. The molecule has 0 aliphatic carbocycles. The average Bonchev–Trinajstić information content (AvgIpc) is 4.26. The number of ether oxygens (including phenoxy) is 3. The Morgan fingerprint density at radius 3 is 2.20 bits per heavy atom. The van der Waals surface area contributed by atoms with Gasteiger partial charge in [0.2, 0.25) is 17.7 Å². The van der Waals surface area contributed by atoms with Crippen molar-refractivity contribution >= 4 is 69.1 Å². The van der Waals surface area contributed by atoms with Crippen molar-refractivity contribution < 1.29 is 43.3 Å². The van der Waals surface area contributed by atoms with Gasteiger partial charge in [0, 0.05) is 95.2 Å². The Hall–Kier alpha value is -5.71. The first-order valence-corrected chi connectivity index (χ1v) is 29.4. The van der Waals surface area contributed by atoms with E-state index in [1.54, 1.807) is 17.7 Å². The molecule has 3 aromatic heterocycles. The lowest BCUT2D eigenvalue weighted by molar-refractivity contribution is -0.146. The number of fused-ring (bicyclic) bond motifs is 1. The third kappa shape index (κ3) is 16.3. The van der Waals surface area contributed by atoms with Crippen LogP contribution in [0.3, 0.4) is 0 Å². The number of aliphatic hydroxyl groups is 1. The topological polar surface area (TPSA) is 239 Å². The number of aryl methyl sites for hydroxylation is 2. The summed E-state index contributed by atoms with van der Waals surface area (Å²) in [7, 11) is 0. The summed E-state index contributed by atoms with van der Waals surface area (Å²) in [4.78, 5) is 93.2. The van der Waals surface area contributed by atoms with Crippen LogP contribution >= 0.6 is 22.9 Å². The van der Waals surface area contributed by atoms with Crippen LogP contribution in [-0.4, -0.2) is 179 Å². The summed E-state index contributed by atoms with van der Waals surface area (Å²) in [5, 5.41) is 15.5. The van der Waals surface area contributed by atoms with Crippen LogP contribution in [0, 0.1) is 18.3 Å². The number of aliphatic hydroxyl groups excluding tert-OH is 1. The number of H-pyrrole nitrogens is 1. The van der Waals surface area contributed by atoms with Gasteiger partial charge in [-0.05, 0) is 72.9 Å². The molecule has 0 spiro atoms. The van der Waals surface area contributed by atoms with E-state index in [-0.39, 0.29) is 93.8 Å². The van der Waals surface area contributed by atoms with E-state index in [1.165, 1.54) is 4.90 Å². The number of hydrogen-bond donors (Lipinski definition) is 4. The predicted molar refractivity (Wildman–Crippen MR) is 308 cm³/mol. The SMILES string of the molecule is Cc1ncsc1-c1ccc(CCC(=O)C2C[C@@H](O)CN2C(=O)[C@@H](CC(=O)CCOCCOCCOCCC(=O)N2CCN(CC[C@H](NC(=O)C3(N)CCN(c4ncnc5[nH]ccc45)CC3)c3ccc(Cl)cc3)CC2)C(C)(C)C)cc1. The highest BCUT2D eigenvalue weighted by Crippen LogP contribution is 2.35. The summed E-state index contributed by atoms with van der Waals surface area (Å²) in [6.07, 6.45) is 5.53. The zero-order chi connectivity index (χ0) is 56.8. The van der Waals surface area contributed by atoms with E-state index in [4.69, 9.17) is 31.5 Å². The maximum Gasteiger partial charge on any atom is 0.240 e. The van der Waals surface area contributed by atoms with Crippen LogP contribution in [0.2, 0.25) is 5.02 Å². The first kappa shape index (κ1) is 60.4. The van der Waals surface area contributed by atoms with Gasteiger partial charge in [0.15, 0.2) is 5.78 Å². The highest BCUT2D eigenvalue weighted by atomic mass is 35.5. The van der Waals surface area contributed by atoms with E-state index < -0.39 is 29.0 Å². The molecule has 5 N–H and O–H groups in total. The Labute approximate surface area is 478 Å². The molecule has 4 atom stereocenters. The first-order valence-electron chi connectivity index (χ1n) is 28.1. The molecule has 0 radical (unpaired) electrons. The minimum atomic E-state index is -1.03. The summed E-state index contributed by atoms with van der Waals surface area (Å²) in [5.41, 5.74) is 11.9. The molecule has 1 unspecified atom stereocenters. The third-order valence-corrected chi connectivity index (χ3v) is 17.1. The van der Waals surface area contributed by atoms with Crippen molar-refractivity contribution in [3.05, 3.63) is 94.5 Å². The normalized spacial score (nSPS) is 18.6. The summed E-state index contributed by atoms with van der Waals surface area (Å²) in [6, 6.07) is 16.6. The van der Waals surface area contributed by atoms with Crippen molar-refractivity contribution in [2.45, 2.75) is 109 Å². The number of ketones is 2. The Bertz CT molecular complexity index is 2840. The monoisotopic (exact) mass is 1140 g/mol. The van der Waals surface area contributed by atoms with Crippen molar-refractivity contribution in [1.82, 2.24) is 40.0 Å². The maximum absolute atomic E-state index is 14.1. The molecule has 5 aromatic rings. The van der Waals surface area contributed by atoms with E-state index >= 15 is 0 Å². The van der Waals surface area contributed by atoms with Gasteiger partial charge in [-0.15, -0.1) is 11.3 Å². The number of likely N-dealkylation sites (tertiary alicyclic amines) is 1. The zero-order valence-electron chi connectivity index (χ0n) is 46.7. The Morgan fingerprint density at radius 1 is 0.863 bits per heavy atom. The number of nitrogens with two attached hydrogens (primary N) is 1. The number of anilines is 1.